The minimum absolute atomic E-state index is 0.358. The van der Waals surface area contributed by atoms with Crippen LogP contribution in [-0.2, 0) is 76.3 Å². The van der Waals surface area contributed by atoms with E-state index in [1.54, 1.807) is 0 Å². The van der Waals surface area contributed by atoms with E-state index in [0.717, 1.165) is 192 Å². The quantitative estimate of drug-likeness (QED) is 0.0405. The largest absolute Gasteiger partial charge is 0.457 e. The summed E-state index contributed by atoms with van der Waals surface area (Å²) >= 11 is 0. The number of ether oxygens (including phenoxy) is 8. The highest BCUT2D eigenvalue weighted by atomic mass is 19.3. The Labute approximate surface area is 513 Å². The first-order valence-corrected chi connectivity index (χ1v) is 32.2. The van der Waals surface area contributed by atoms with Gasteiger partial charge >= 0.3 is 71.4 Å². The van der Waals surface area contributed by atoms with E-state index in [1.807, 2.05) is 0 Å². The van der Waals surface area contributed by atoms with Gasteiger partial charge in [-0.25, -0.2) is 38.4 Å². The highest BCUT2D eigenvalue weighted by molar-refractivity contribution is 5.82. The van der Waals surface area contributed by atoms with Crippen molar-refractivity contribution in [2.24, 2.45) is 35.5 Å². The summed E-state index contributed by atoms with van der Waals surface area (Å²) in [6, 6.07) is 0. The van der Waals surface area contributed by atoms with E-state index in [1.165, 1.54) is 12.8 Å². The van der Waals surface area contributed by atoms with Crippen LogP contribution in [0, 0.1) is 35.5 Å². The van der Waals surface area contributed by atoms with Crippen LogP contribution in [0.2, 0.25) is 0 Å². The molecule has 0 spiro atoms. The lowest BCUT2D eigenvalue weighted by molar-refractivity contribution is -0.217. The molecule has 8 fully saturated rings. The van der Waals surface area contributed by atoms with E-state index in [-0.39, 0.29) is 0 Å². The molecule has 24 heteroatoms. The first-order chi connectivity index (χ1) is 41.1. The summed E-state index contributed by atoms with van der Waals surface area (Å²) in [6.45, 7) is 7.08. The van der Waals surface area contributed by atoms with E-state index >= 15 is 0 Å². The summed E-state index contributed by atoms with van der Waals surface area (Å²) in [7, 11) is 0. The van der Waals surface area contributed by atoms with Gasteiger partial charge in [0, 0.05) is 27.7 Å². The van der Waals surface area contributed by atoms with Crippen LogP contribution in [0.1, 0.15) is 248 Å². The zero-order valence-corrected chi connectivity index (χ0v) is 53.1. The number of carbonyl (C=O) groups is 8. The number of hydrogen-bond acceptors (Lipinski definition) is 16. The third kappa shape index (κ3) is 23.2. The predicted octanol–water partition coefficient (Wildman–Crippen LogP) is 14.4. The average molecular weight is 1280 g/mol. The van der Waals surface area contributed by atoms with Crippen molar-refractivity contribution in [1.29, 1.82) is 0 Å². The summed E-state index contributed by atoms with van der Waals surface area (Å²) in [6.07, 6.45) is 29.1. The lowest BCUT2D eigenvalue weighted by Gasteiger charge is -2.60. The number of alkyl halides is 8. The molecule has 0 radical (unpaired) electrons. The first-order valence-electron chi connectivity index (χ1n) is 32.2. The van der Waals surface area contributed by atoms with Crippen LogP contribution >= 0.6 is 0 Å². The smallest absolute Gasteiger partial charge is 0.377 e. The van der Waals surface area contributed by atoms with Gasteiger partial charge in [0.2, 0.25) is 0 Å². The highest BCUT2D eigenvalue weighted by Crippen LogP contribution is 2.61. The van der Waals surface area contributed by atoms with Crippen molar-refractivity contribution in [2.45, 2.75) is 294 Å². The van der Waals surface area contributed by atoms with Gasteiger partial charge in [0.05, 0.1) is 0 Å². The fraction of sp³-hybridized carbons (Fsp3) is 0.875. The number of fused-ring (bicyclic) bond motifs is 2. The molecular weight excluding hydrogens is 1180 g/mol. The number of halogens is 8. The molecule has 0 heterocycles. The second kappa shape index (κ2) is 33.5. The van der Waals surface area contributed by atoms with Crippen molar-refractivity contribution in [2.75, 3.05) is 26.4 Å². The second-order valence-corrected chi connectivity index (χ2v) is 26.2. The molecule has 0 aromatic heterocycles. The van der Waals surface area contributed by atoms with E-state index in [4.69, 9.17) is 18.9 Å². The summed E-state index contributed by atoms with van der Waals surface area (Å²) in [4.78, 5) is 91.6. The molecule has 506 valence electrons. The number of esters is 8. The SMILES string of the molecule is CCCCC1(OC(=O)COC(=O)C(C)(F)F)C2CC3CC(C2)CC1C3.CCCCC1(OC(=O)COC(=O)C(C)(F)F)CC2CCC1C2.CCCCC1(OC(=O)COC(=O)C(C)(F)F)CCCC1.CCCCC1(OC(=O)COC(=O)C(C)(F)F)CCCCC1. The molecule has 0 aromatic carbocycles. The number of rotatable bonds is 28. The van der Waals surface area contributed by atoms with Crippen LogP contribution in [-0.4, -0.2) is 120 Å². The van der Waals surface area contributed by atoms with Crippen molar-refractivity contribution in [1.82, 2.24) is 0 Å². The molecule has 0 aliphatic heterocycles. The Kier molecular flexibility index (Phi) is 28.8. The monoisotopic (exact) mass is 1270 g/mol. The van der Waals surface area contributed by atoms with E-state index in [9.17, 15) is 73.5 Å². The Balaban J connectivity index is 0.000000252. The maximum absolute atomic E-state index is 12.9. The molecule has 3 unspecified atom stereocenters. The topological polar surface area (TPSA) is 210 Å². The minimum Gasteiger partial charge on any atom is -0.457 e. The van der Waals surface area contributed by atoms with Gasteiger partial charge in [0.25, 0.3) is 0 Å². The Hall–Kier alpha value is -4.80. The summed E-state index contributed by atoms with van der Waals surface area (Å²) < 4.78 is 141. The Morgan fingerprint density at radius 1 is 0.375 bits per heavy atom. The molecule has 0 aromatic rings. The van der Waals surface area contributed by atoms with E-state index in [2.05, 4.69) is 46.6 Å². The predicted molar refractivity (Wildman–Crippen MR) is 304 cm³/mol. The van der Waals surface area contributed by atoms with Crippen LogP contribution in [0.4, 0.5) is 35.1 Å². The molecule has 3 atom stereocenters. The molecule has 0 amide bonds. The third-order valence-electron chi connectivity index (χ3n) is 18.6. The van der Waals surface area contributed by atoms with Gasteiger partial charge in [-0.1, -0.05) is 59.8 Å². The van der Waals surface area contributed by atoms with Crippen LogP contribution in [0.5, 0.6) is 0 Å². The molecule has 8 aliphatic rings. The average Bonchev–Trinajstić information content (AvgIpc) is 0.871. The van der Waals surface area contributed by atoms with Crippen LogP contribution in [0.25, 0.3) is 0 Å². The van der Waals surface area contributed by atoms with Crippen molar-refractivity contribution < 1.29 is 111 Å². The molecule has 0 N–H and O–H groups in total. The maximum Gasteiger partial charge on any atom is 0.377 e. The molecule has 8 aliphatic carbocycles. The molecule has 8 rings (SSSR count). The van der Waals surface area contributed by atoms with Gasteiger partial charge in [0.15, 0.2) is 26.4 Å². The third-order valence-corrected chi connectivity index (χ3v) is 18.6. The molecule has 16 nitrogen and oxygen atoms in total. The summed E-state index contributed by atoms with van der Waals surface area (Å²) in [5.74, 6) is -20.9. The van der Waals surface area contributed by atoms with Crippen molar-refractivity contribution in [3.8, 4) is 0 Å². The number of unbranched alkanes of at least 4 members (excludes halogenated alkanes) is 4. The zero-order valence-electron chi connectivity index (χ0n) is 53.1. The zero-order chi connectivity index (χ0) is 65.8. The van der Waals surface area contributed by atoms with E-state index < -0.39 is 120 Å². The van der Waals surface area contributed by atoms with Gasteiger partial charge in [-0.2, -0.15) is 35.1 Å². The van der Waals surface area contributed by atoms with Crippen molar-refractivity contribution in [3.63, 3.8) is 0 Å². The second-order valence-electron chi connectivity index (χ2n) is 26.2. The Morgan fingerprint density at radius 2 is 0.693 bits per heavy atom. The normalized spacial score (nSPS) is 26.3. The van der Waals surface area contributed by atoms with E-state index in [0.29, 0.717) is 51.4 Å². The molecular formula is C64H98F8O16. The van der Waals surface area contributed by atoms with Gasteiger partial charge in [-0.15, -0.1) is 0 Å². The lowest BCUT2D eigenvalue weighted by atomic mass is 9.49. The summed E-state index contributed by atoms with van der Waals surface area (Å²) in [5.41, 5.74) is -1.96. The number of carbonyl (C=O) groups excluding carboxylic acids is 8. The van der Waals surface area contributed by atoms with Gasteiger partial charge < -0.3 is 37.9 Å². The highest BCUT2D eigenvalue weighted by Gasteiger charge is 2.59. The lowest BCUT2D eigenvalue weighted by Crippen LogP contribution is -2.60. The van der Waals surface area contributed by atoms with Gasteiger partial charge in [0.1, 0.15) is 22.4 Å². The van der Waals surface area contributed by atoms with Crippen LogP contribution in [0.3, 0.4) is 0 Å². The maximum atomic E-state index is 12.9. The molecule has 6 bridgehead atoms. The first kappa shape index (κ1) is 75.7. The van der Waals surface area contributed by atoms with Crippen molar-refractivity contribution in [3.05, 3.63) is 0 Å². The number of hydrogen-bond donors (Lipinski definition) is 0. The molecule has 0 saturated heterocycles. The van der Waals surface area contributed by atoms with Gasteiger partial charge in [-0.3, -0.25) is 0 Å². The molecule has 8 saturated carbocycles. The standard InChI is InChI=1S/C19H28F2O4.C16H24F2O4.C15H24F2O4.C14H22F2O4/c1-3-4-5-19(25-16(22)11-24-17(23)18(2,20)21)14-7-12-6-13(9-14)10-15(19)8-12;1-3-4-7-16(9-11-5-6-12(16)8-11)22-13(19)10-21-14(20)15(2,17)18;1-3-4-8-15(9-6-5-7-10-15)21-12(18)11-20-13(19)14(2,16)17;1-3-4-7-14(8-5-6-9-14)20-11(17)10-19-12(18)13(2,15)16/h12-15H,3-11H2,1-2H3;11-12H,3-10H2,1-2H3;3-11H2,1-2H3;3-10H2,1-2H3. The Bertz CT molecular complexity index is 2250. The molecule has 88 heavy (non-hydrogen) atoms. The summed E-state index contributed by atoms with van der Waals surface area (Å²) in [5, 5.41) is 0. The van der Waals surface area contributed by atoms with Crippen LogP contribution in [0.15, 0.2) is 0 Å². The van der Waals surface area contributed by atoms with Crippen LogP contribution < -0.4 is 0 Å². The van der Waals surface area contributed by atoms with Gasteiger partial charge in [-0.05, 0) is 196 Å². The minimum atomic E-state index is -3.59. The Morgan fingerprint density at radius 3 is 1.02 bits per heavy atom. The fourth-order valence-corrected chi connectivity index (χ4v) is 14.5. The van der Waals surface area contributed by atoms with Crippen molar-refractivity contribution >= 4 is 47.8 Å². The fourth-order valence-electron chi connectivity index (χ4n) is 14.5.